The van der Waals surface area contributed by atoms with Gasteiger partial charge in [0, 0.05) is 12.6 Å². The molecule has 0 radical (unpaired) electrons. The lowest BCUT2D eigenvalue weighted by Gasteiger charge is -2.32. The van der Waals surface area contributed by atoms with E-state index in [0.29, 0.717) is 11.4 Å². The number of aryl methyl sites for hydroxylation is 1. The second-order valence-corrected chi connectivity index (χ2v) is 11.4. The number of sulfonamides is 1. The lowest BCUT2D eigenvalue weighted by Crippen LogP contribution is -2.52. The molecule has 0 bridgehead atoms. The Hall–Kier alpha value is -3.07. The van der Waals surface area contributed by atoms with Gasteiger partial charge in [0.05, 0.1) is 19.1 Å². The molecule has 8 nitrogen and oxygen atoms in total. The molecule has 1 N–H and O–H groups in total. The van der Waals surface area contributed by atoms with Crippen molar-refractivity contribution in [2.75, 3.05) is 24.2 Å². The van der Waals surface area contributed by atoms with Crippen LogP contribution in [0.3, 0.4) is 0 Å². The minimum atomic E-state index is -3.77. The van der Waals surface area contributed by atoms with Gasteiger partial charge in [0.1, 0.15) is 18.3 Å². The number of carbonyl (C=O) groups is 2. The SMILES string of the molecule is COc1cccc(CN(C(=O)CN(c2cccc(C)c2C)S(C)(=O)=O)[C@@H](C)C(=O)NC2CCCC2)c1. The minimum Gasteiger partial charge on any atom is -0.497 e. The van der Waals surface area contributed by atoms with E-state index in [1.54, 1.807) is 38.3 Å². The monoisotopic (exact) mass is 515 g/mol. The first-order valence-corrected chi connectivity index (χ1v) is 14.1. The van der Waals surface area contributed by atoms with Gasteiger partial charge in [0.25, 0.3) is 0 Å². The first kappa shape index (κ1) is 27.5. The van der Waals surface area contributed by atoms with Crippen LogP contribution in [0.4, 0.5) is 5.69 Å². The molecule has 1 aliphatic rings. The predicted octanol–water partition coefficient (Wildman–Crippen LogP) is 3.55. The zero-order valence-electron chi connectivity index (χ0n) is 21.8. The Morgan fingerprint density at radius 2 is 1.78 bits per heavy atom. The molecule has 1 atom stereocenters. The Balaban J connectivity index is 1.92. The highest BCUT2D eigenvalue weighted by molar-refractivity contribution is 7.92. The third-order valence-corrected chi connectivity index (χ3v) is 8.01. The van der Waals surface area contributed by atoms with Crippen LogP contribution in [0.5, 0.6) is 5.75 Å². The van der Waals surface area contributed by atoms with Gasteiger partial charge >= 0.3 is 0 Å². The van der Waals surface area contributed by atoms with Gasteiger partial charge in [-0.15, -0.1) is 0 Å². The van der Waals surface area contributed by atoms with Crippen LogP contribution in [0.15, 0.2) is 42.5 Å². The number of amides is 2. The van der Waals surface area contributed by atoms with Crippen molar-refractivity contribution in [1.29, 1.82) is 0 Å². The molecule has 36 heavy (non-hydrogen) atoms. The second-order valence-electron chi connectivity index (χ2n) is 9.53. The molecule has 0 heterocycles. The fraction of sp³-hybridized carbons (Fsp3) is 0.481. The van der Waals surface area contributed by atoms with E-state index in [9.17, 15) is 18.0 Å². The number of anilines is 1. The van der Waals surface area contributed by atoms with Crippen molar-refractivity contribution in [3.63, 3.8) is 0 Å². The van der Waals surface area contributed by atoms with Crippen molar-refractivity contribution in [1.82, 2.24) is 10.2 Å². The van der Waals surface area contributed by atoms with Crippen molar-refractivity contribution < 1.29 is 22.7 Å². The maximum Gasteiger partial charge on any atom is 0.244 e. The summed E-state index contributed by atoms with van der Waals surface area (Å²) in [6, 6.07) is 12.0. The Bertz CT molecular complexity index is 1190. The fourth-order valence-electron chi connectivity index (χ4n) is 4.54. The van der Waals surface area contributed by atoms with Crippen LogP contribution in [0, 0.1) is 13.8 Å². The van der Waals surface area contributed by atoms with Crippen molar-refractivity contribution in [3.05, 3.63) is 59.2 Å². The summed E-state index contributed by atoms with van der Waals surface area (Å²) in [5.41, 5.74) is 2.93. The van der Waals surface area contributed by atoms with E-state index in [4.69, 9.17) is 4.74 Å². The van der Waals surface area contributed by atoms with E-state index in [0.717, 1.165) is 52.9 Å². The zero-order chi connectivity index (χ0) is 26.5. The van der Waals surface area contributed by atoms with Crippen molar-refractivity contribution in [3.8, 4) is 5.75 Å². The fourth-order valence-corrected chi connectivity index (χ4v) is 5.44. The summed E-state index contributed by atoms with van der Waals surface area (Å²) in [5, 5.41) is 3.06. The highest BCUT2D eigenvalue weighted by atomic mass is 32.2. The Labute approximate surface area is 214 Å². The normalized spacial score (nSPS) is 14.8. The first-order valence-electron chi connectivity index (χ1n) is 12.3. The molecule has 0 unspecified atom stereocenters. The summed E-state index contributed by atoms with van der Waals surface area (Å²) in [6.45, 7) is 5.14. The van der Waals surface area contributed by atoms with Crippen LogP contribution in [0.2, 0.25) is 0 Å². The number of carbonyl (C=O) groups excluding carboxylic acids is 2. The molecule has 0 aromatic heterocycles. The number of nitrogens with one attached hydrogen (secondary N) is 1. The van der Waals surface area contributed by atoms with Gasteiger partial charge in [-0.05, 0) is 68.5 Å². The summed E-state index contributed by atoms with van der Waals surface area (Å²) in [5.74, 6) is -0.0647. The summed E-state index contributed by atoms with van der Waals surface area (Å²) < 4.78 is 32.0. The number of benzene rings is 2. The van der Waals surface area contributed by atoms with Crippen LogP contribution in [-0.2, 0) is 26.2 Å². The number of ether oxygens (including phenoxy) is 1. The van der Waals surface area contributed by atoms with Crippen LogP contribution in [0.1, 0.15) is 49.3 Å². The van der Waals surface area contributed by atoms with E-state index < -0.39 is 28.5 Å². The molecule has 2 aromatic rings. The average molecular weight is 516 g/mol. The number of nitrogens with zero attached hydrogens (tertiary/aromatic N) is 2. The molecule has 196 valence electrons. The Morgan fingerprint density at radius 3 is 2.42 bits per heavy atom. The van der Waals surface area contributed by atoms with Gasteiger partial charge in [-0.1, -0.05) is 37.1 Å². The second kappa shape index (κ2) is 11.8. The van der Waals surface area contributed by atoms with Crippen LogP contribution >= 0.6 is 0 Å². The number of hydrogen-bond acceptors (Lipinski definition) is 5. The standard InChI is InChI=1S/C27H37N3O5S/c1-19-10-8-15-25(20(19)2)30(36(5,33)34)18-26(31)29(17-22-11-9-14-24(16-22)35-4)21(3)27(32)28-23-12-6-7-13-23/h8-11,14-16,21,23H,6-7,12-13,17-18H2,1-5H3,(H,28,32)/t21-/m0/s1. The third kappa shape index (κ3) is 6.78. The minimum absolute atomic E-state index is 0.108. The highest BCUT2D eigenvalue weighted by Crippen LogP contribution is 2.26. The van der Waals surface area contributed by atoms with E-state index in [1.165, 1.54) is 4.90 Å². The first-order chi connectivity index (χ1) is 17.0. The van der Waals surface area contributed by atoms with E-state index in [1.807, 2.05) is 32.0 Å². The smallest absolute Gasteiger partial charge is 0.244 e. The number of hydrogen-bond donors (Lipinski definition) is 1. The number of rotatable bonds is 10. The van der Waals surface area contributed by atoms with E-state index in [2.05, 4.69) is 5.32 Å². The highest BCUT2D eigenvalue weighted by Gasteiger charge is 2.32. The summed E-state index contributed by atoms with van der Waals surface area (Å²) in [4.78, 5) is 28.3. The van der Waals surface area contributed by atoms with Crippen LogP contribution < -0.4 is 14.4 Å². The van der Waals surface area contributed by atoms with Gasteiger partial charge in [0.15, 0.2) is 0 Å². The molecule has 1 fully saturated rings. The molecule has 1 aliphatic carbocycles. The number of methoxy groups -OCH3 is 1. The van der Waals surface area contributed by atoms with Crippen molar-refractivity contribution in [2.45, 2.75) is 65.1 Å². The molecule has 2 aromatic carbocycles. The lowest BCUT2D eigenvalue weighted by atomic mass is 10.1. The molecule has 0 spiro atoms. The van der Waals surface area contributed by atoms with Crippen LogP contribution in [0.25, 0.3) is 0 Å². The third-order valence-electron chi connectivity index (χ3n) is 6.88. The van der Waals surface area contributed by atoms with Gasteiger partial charge in [-0.25, -0.2) is 8.42 Å². The lowest BCUT2D eigenvalue weighted by molar-refractivity contribution is -0.139. The van der Waals surface area contributed by atoms with Gasteiger partial charge in [-0.2, -0.15) is 0 Å². The predicted molar refractivity (Wildman–Crippen MR) is 142 cm³/mol. The summed E-state index contributed by atoms with van der Waals surface area (Å²) in [7, 11) is -2.21. The molecule has 0 saturated heterocycles. The van der Waals surface area contributed by atoms with Gasteiger partial charge in [0.2, 0.25) is 21.8 Å². The maximum atomic E-state index is 13.7. The Kier molecular flexibility index (Phi) is 9.00. The molecule has 9 heteroatoms. The molecular formula is C27H37N3O5S. The topological polar surface area (TPSA) is 96.0 Å². The summed E-state index contributed by atoms with van der Waals surface area (Å²) >= 11 is 0. The van der Waals surface area contributed by atoms with Crippen molar-refractivity contribution >= 4 is 27.5 Å². The molecular weight excluding hydrogens is 478 g/mol. The zero-order valence-corrected chi connectivity index (χ0v) is 22.6. The quantitative estimate of drug-likeness (QED) is 0.522. The summed E-state index contributed by atoms with van der Waals surface area (Å²) in [6.07, 6.45) is 5.09. The van der Waals surface area contributed by atoms with Gasteiger partial charge < -0.3 is 15.0 Å². The van der Waals surface area contributed by atoms with E-state index in [-0.39, 0.29) is 18.5 Å². The molecule has 3 rings (SSSR count). The maximum absolute atomic E-state index is 13.7. The van der Waals surface area contributed by atoms with Gasteiger partial charge in [-0.3, -0.25) is 13.9 Å². The largest absolute Gasteiger partial charge is 0.497 e. The molecule has 0 aliphatic heterocycles. The molecule has 2 amide bonds. The van der Waals surface area contributed by atoms with Crippen LogP contribution in [-0.4, -0.2) is 57.1 Å². The average Bonchev–Trinajstić information content (AvgIpc) is 3.35. The van der Waals surface area contributed by atoms with Crippen molar-refractivity contribution in [2.24, 2.45) is 0 Å². The molecule has 1 saturated carbocycles. The Morgan fingerprint density at radius 1 is 1.11 bits per heavy atom. The van der Waals surface area contributed by atoms with E-state index >= 15 is 0 Å².